The minimum absolute atomic E-state index is 0.362. The van der Waals surface area contributed by atoms with Crippen LogP contribution in [0, 0.1) is 18.7 Å². The van der Waals surface area contributed by atoms with Crippen molar-refractivity contribution in [2.45, 2.75) is 27.3 Å². The van der Waals surface area contributed by atoms with Gasteiger partial charge in [0.2, 0.25) is 5.95 Å². The molecular formula is C14H17ClFN3. The van der Waals surface area contributed by atoms with Crippen LogP contribution >= 0.6 is 11.6 Å². The molecule has 19 heavy (non-hydrogen) atoms. The lowest BCUT2D eigenvalue weighted by Crippen LogP contribution is -2.07. The molecule has 1 heterocycles. The fraction of sp³-hybridized carbons (Fsp3) is 0.357. The van der Waals surface area contributed by atoms with Crippen molar-refractivity contribution in [1.29, 1.82) is 0 Å². The Bertz CT molecular complexity index is 558. The first-order valence-electron chi connectivity index (χ1n) is 6.21. The topological polar surface area (TPSA) is 29.9 Å². The molecule has 0 fully saturated rings. The predicted octanol–water partition coefficient (Wildman–Crippen LogP) is 4.38. The molecule has 102 valence electrons. The molecular weight excluding hydrogens is 265 g/mol. The number of aromatic nitrogens is 2. The van der Waals surface area contributed by atoms with Crippen LogP contribution < -0.4 is 5.32 Å². The molecule has 0 aliphatic rings. The summed E-state index contributed by atoms with van der Waals surface area (Å²) < 4.78 is 15.3. The van der Waals surface area contributed by atoms with Gasteiger partial charge < -0.3 is 9.88 Å². The van der Waals surface area contributed by atoms with Gasteiger partial charge in [-0.05, 0) is 31.0 Å². The maximum atomic E-state index is 13.3. The van der Waals surface area contributed by atoms with E-state index in [1.54, 1.807) is 6.07 Å². The Hall–Kier alpha value is -1.55. The van der Waals surface area contributed by atoms with Crippen molar-refractivity contribution in [3.8, 4) is 0 Å². The van der Waals surface area contributed by atoms with Crippen molar-refractivity contribution in [1.82, 2.24) is 9.55 Å². The number of imidazole rings is 1. The molecule has 2 aromatic rings. The Morgan fingerprint density at radius 1 is 1.37 bits per heavy atom. The second-order valence-electron chi connectivity index (χ2n) is 5.04. The molecule has 0 saturated carbocycles. The molecule has 1 N–H and O–H groups in total. The lowest BCUT2D eigenvalue weighted by Gasteiger charge is -2.12. The van der Waals surface area contributed by atoms with Crippen LogP contribution in [0.3, 0.4) is 0 Å². The number of nitrogens with zero attached hydrogens (tertiary/aromatic N) is 2. The van der Waals surface area contributed by atoms with Crippen molar-refractivity contribution in [2.24, 2.45) is 5.92 Å². The van der Waals surface area contributed by atoms with E-state index in [2.05, 4.69) is 24.1 Å². The molecule has 5 heteroatoms. The summed E-state index contributed by atoms with van der Waals surface area (Å²) in [7, 11) is 0. The molecule has 0 radical (unpaired) electrons. The monoisotopic (exact) mass is 281 g/mol. The second-order valence-corrected chi connectivity index (χ2v) is 5.47. The number of halogens is 2. The Morgan fingerprint density at radius 3 is 2.74 bits per heavy atom. The first-order chi connectivity index (χ1) is 8.94. The molecule has 2 rings (SSSR count). The summed E-state index contributed by atoms with van der Waals surface area (Å²) >= 11 is 5.84. The number of rotatable bonds is 4. The number of hydrogen-bond donors (Lipinski definition) is 1. The van der Waals surface area contributed by atoms with Crippen LogP contribution in [0.4, 0.5) is 16.0 Å². The first kappa shape index (κ1) is 13.9. The molecule has 3 nitrogen and oxygen atoms in total. The summed E-state index contributed by atoms with van der Waals surface area (Å²) in [5.41, 5.74) is 1.52. The van der Waals surface area contributed by atoms with Crippen LogP contribution in [0.15, 0.2) is 24.4 Å². The highest BCUT2D eigenvalue weighted by Crippen LogP contribution is 2.22. The van der Waals surface area contributed by atoms with Crippen LogP contribution in [0.5, 0.6) is 0 Å². The van der Waals surface area contributed by atoms with Crippen LogP contribution in [0.25, 0.3) is 0 Å². The maximum absolute atomic E-state index is 13.3. The third kappa shape index (κ3) is 3.70. The Kier molecular flexibility index (Phi) is 4.10. The van der Waals surface area contributed by atoms with E-state index in [-0.39, 0.29) is 5.82 Å². The van der Waals surface area contributed by atoms with Gasteiger partial charge in [0.1, 0.15) is 5.82 Å². The molecule has 0 spiro atoms. The van der Waals surface area contributed by atoms with E-state index in [0.29, 0.717) is 22.6 Å². The maximum Gasteiger partial charge on any atom is 0.207 e. The van der Waals surface area contributed by atoms with Gasteiger partial charge in [0.05, 0.1) is 5.69 Å². The number of aryl methyl sites for hydroxylation is 1. The first-order valence-corrected chi connectivity index (χ1v) is 6.58. The number of benzene rings is 1. The van der Waals surface area contributed by atoms with Crippen molar-refractivity contribution in [3.05, 3.63) is 40.9 Å². The zero-order chi connectivity index (χ0) is 14.0. The average molecular weight is 282 g/mol. The average Bonchev–Trinajstić information content (AvgIpc) is 2.56. The van der Waals surface area contributed by atoms with E-state index in [1.807, 2.05) is 17.7 Å². The Balaban J connectivity index is 2.27. The number of nitrogens with one attached hydrogen (secondary N) is 1. The van der Waals surface area contributed by atoms with Crippen LogP contribution in [0.2, 0.25) is 5.02 Å². The molecule has 0 atom stereocenters. The van der Waals surface area contributed by atoms with E-state index in [4.69, 9.17) is 11.6 Å². The fourth-order valence-corrected chi connectivity index (χ4v) is 2.16. The highest BCUT2D eigenvalue weighted by molar-refractivity contribution is 6.30. The normalized spacial score (nSPS) is 11.1. The van der Waals surface area contributed by atoms with Gasteiger partial charge in [0.25, 0.3) is 0 Å². The molecule has 1 aromatic heterocycles. The largest absolute Gasteiger partial charge is 0.325 e. The van der Waals surface area contributed by atoms with Gasteiger partial charge in [-0.3, -0.25) is 0 Å². The van der Waals surface area contributed by atoms with Crippen LogP contribution in [0.1, 0.15) is 19.5 Å². The SMILES string of the molecule is Cc1cn(CC(C)C)c(Nc2cc(F)cc(Cl)c2)n1. The standard InChI is InChI=1S/C14H17ClFN3/c1-9(2)7-19-8-10(3)17-14(19)18-13-5-11(15)4-12(16)6-13/h4-6,8-9H,7H2,1-3H3,(H,17,18). The summed E-state index contributed by atoms with van der Waals surface area (Å²) in [4.78, 5) is 4.40. The summed E-state index contributed by atoms with van der Waals surface area (Å²) in [6.45, 7) is 7.06. The fourth-order valence-electron chi connectivity index (χ4n) is 1.93. The smallest absolute Gasteiger partial charge is 0.207 e. The third-order valence-electron chi connectivity index (χ3n) is 2.58. The van der Waals surface area contributed by atoms with Crippen molar-refractivity contribution < 1.29 is 4.39 Å². The summed E-state index contributed by atoms with van der Waals surface area (Å²) in [6.07, 6.45) is 1.98. The number of anilines is 2. The molecule has 0 unspecified atom stereocenters. The lowest BCUT2D eigenvalue weighted by molar-refractivity contribution is 0.527. The van der Waals surface area contributed by atoms with Crippen molar-refractivity contribution in [3.63, 3.8) is 0 Å². The summed E-state index contributed by atoms with van der Waals surface area (Å²) in [6, 6.07) is 4.35. The van der Waals surface area contributed by atoms with E-state index in [0.717, 1.165) is 12.2 Å². The zero-order valence-electron chi connectivity index (χ0n) is 11.2. The van der Waals surface area contributed by atoms with E-state index in [1.165, 1.54) is 12.1 Å². The summed E-state index contributed by atoms with van der Waals surface area (Å²) in [5.74, 6) is 0.840. The molecule has 0 bridgehead atoms. The van der Waals surface area contributed by atoms with E-state index >= 15 is 0 Å². The highest BCUT2D eigenvalue weighted by atomic mass is 35.5. The molecule has 0 aliphatic heterocycles. The van der Waals surface area contributed by atoms with Gasteiger partial charge >= 0.3 is 0 Å². The highest BCUT2D eigenvalue weighted by Gasteiger charge is 2.08. The van der Waals surface area contributed by atoms with E-state index in [9.17, 15) is 4.39 Å². The zero-order valence-corrected chi connectivity index (χ0v) is 12.0. The molecule has 0 amide bonds. The minimum atomic E-state index is -0.367. The van der Waals surface area contributed by atoms with Gasteiger partial charge in [0.15, 0.2) is 0 Å². The van der Waals surface area contributed by atoms with E-state index < -0.39 is 0 Å². The van der Waals surface area contributed by atoms with Crippen molar-refractivity contribution in [2.75, 3.05) is 5.32 Å². The minimum Gasteiger partial charge on any atom is -0.325 e. The van der Waals surface area contributed by atoms with Gasteiger partial charge in [-0.2, -0.15) is 0 Å². The van der Waals surface area contributed by atoms with Crippen molar-refractivity contribution >= 4 is 23.2 Å². The lowest BCUT2D eigenvalue weighted by atomic mass is 10.2. The third-order valence-corrected chi connectivity index (χ3v) is 2.80. The predicted molar refractivity (Wildman–Crippen MR) is 76.5 cm³/mol. The van der Waals surface area contributed by atoms with Gasteiger partial charge in [0, 0.05) is 23.5 Å². The van der Waals surface area contributed by atoms with Gasteiger partial charge in [-0.1, -0.05) is 25.4 Å². The Labute approximate surface area is 117 Å². The molecule has 1 aromatic carbocycles. The summed E-state index contributed by atoms with van der Waals surface area (Å²) in [5, 5.41) is 3.47. The molecule has 0 aliphatic carbocycles. The molecule has 0 saturated heterocycles. The number of hydrogen-bond acceptors (Lipinski definition) is 2. The van der Waals surface area contributed by atoms with Crippen LogP contribution in [-0.4, -0.2) is 9.55 Å². The van der Waals surface area contributed by atoms with Crippen LogP contribution in [-0.2, 0) is 6.54 Å². The van der Waals surface area contributed by atoms with Gasteiger partial charge in [-0.25, -0.2) is 9.37 Å². The Morgan fingerprint density at radius 2 is 2.11 bits per heavy atom. The van der Waals surface area contributed by atoms with Gasteiger partial charge in [-0.15, -0.1) is 0 Å². The quantitative estimate of drug-likeness (QED) is 0.901. The second kappa shape index (κ2) is 5.61.